The van der Waals surface area contributed by atoms with Crippen LogP contribution >= 0.6 is 0 Å². The van der Waals surface area contributed by atoms with Gasteiger partial charge in [0.25, 0.3) is 0 Å². The van der Waals surface area contributed by atoms with Gasteiger partial charge >= 0.3 is 23.9 Å². The van der Waals surface area contributed by atoms with Crippen LogP contribution in [0.3, 0.4) is 0 Å². The van der Waals surface area contributed by atoms with E-state index in [4.69, 9.17) is 36.1 Å². The van der Waals surface area contributed by atoms with Gasteiger partial charge in [-0.3, -0.25) is 19.2 Å². The first-order chi connectivity index (χ1) is 24.7. The predicted octanol–water partition coefficient (Wildman–Crippen LogP) is 6.60. The van der Waals surface area contributed by atoms with Crippen molar-refractivity contribution in [3.8, 4) is 0 Å². The molecule has 2 saturated carbocycles. The molecule has 302 valence electrons. The van der Waals surface area contributed by atoms with Crippen molar-refractivity contribution in [1.82, 2.24) is 0 Å². The summed E-state index contributed by atoms with van der Waals surface area (Å²) in [5.74, 6) is -0.0453. The number of unbranched alkanes of at least 4 members (excludes halogenated alkanes) is 3. The molecule has 0 saturated heterocycles. The van der Waals surface area contributed by atoms with Gasteiger partial charge in [0.1, 0.15) is 12.2 Å². The van der Waals surface area contributed by atoms with Crippen LogP contribution in [0.25, 0.3) is 0 Å². The van der Waals surface area contributed by atoms with Gasteiger partial charge in [0.05, 0.1) is 32.0 Å². The lowest BCUT2D eigenvalue weighted by Gasteiger charge is -2.51. The molecule has 2 aliphatic carbocycles. The number of rotatable bonds is 24. The fourth-order valence-electron chi connectivity index (χ4n) is 9.27. The molecule has 0 aliphatic heterocycles. The average molecular weight is 738 g/mol. The minimum absolute atomic E-state index is 0.0736. The van der Waals surface area contributed by atoms with Crippen molar-refractivity contribution < 1.29 is 38.1 Å². The van der Waals surface area contributed by atoms with Gasteiger partial charge in [-0.25, -0.2) is 0 Å². The summed E-state index contributed by atoms with van der Waals surface area (Å²) >= 11 is 0. The van der Waals surface area contributed by atoms with E-state index in [2.05, 4.69) is 41.5 Å². The summed E-state index contributed by atoms with van der Waals surface area (Å²) in [6.45, 7) is 16.6. The van der Waals surface area contributed by atoms with E-state index in [0.717, 1.165) is 51.4 Å². The molecule has 6 N–H and O–H groups in total. The van der Waals surface area contributed by atoms with Gasteiger partial charge in [-0.15, -0.1) is 0 Å². The third-order valence-electron chi connectivity index (χ3n) is 13.0. The molecule has 0 aromatic heterocycles. The molecule has 2 rings (SSSR count). The standard InChI is InChI=1S/C41H75N3O8/c1-8-9-10-11-24-49-36(45)15-12-28(2)34-14-13-29(3)41(34,7)35(52-39(48)19-23-44)25-30(4)40(6)20-16-33(51-38(47)18-22-43)27-32(40)26-31(5)50-37(46)17-21-42/h28-35H,8-27,42-44H2,1-7H3/t28-,29-,30-,31+,32?,33-,34-,35+,40-,41+/m1/s1. The van der Waals surface area contributed by atoms with E-state index >= 15 is 0 Å². The molecule has 0 amide bonds. The smallest absolute Gasteiger partial charge is 0.307 e. The summed E-state index contributed by atoms with van der Waals surface area (Å²) in [5.41, 5.74) is 16.5. The second kappa shape index (κ2) is 22.9. The van der Waals surface area contributed by atoms with E-state index < -0.39 is 0 Å². The molecule has 10 atom stereocenters. The second-order valence-corrected chi connectivity index (χ2v) is 16.6. The van der Waals surface area contributed by atoms with Gasteiger partial charge in [0.15, 0.2) is 0 Å². The lowest BCUT2D eigenvalue weighted by molar-refractivity contribution is -0.166. The van der Waals surface area contributed by atoms with Crippen LogP contribution in [-0.2, 0) is 38.1 Å². The number of ether oxygens (including phenoxy) is 4. The highest BCUT2D eigenvalue weighted by atomic mass is 16.6. The third-order valence-corrected chi connectivity index (χ3v) is 13.0. The first-order valence-electron chi connectivity index (χ1n) is 20.5. The summed E-state index contributed by atoms with van der Waals surface area (Å²) in [7, 11) is 0. The molecule has 52 heavy (non-hydrogen) atoms. The largest absolute Gasteiger partial charge is 0.466 e. The minimum Gasteiger partial charge on any atom is -0.466 e. The highest BCUT2D eigenvalue weighted by molar-refractivity contribution is 5.70. The molecular weight excluding hydrogens is 662 g/mol. The van der Waals surface area contributed by atoms with Gasteiger partial charge in [-0.2, -0.15) is 0 Å². The Kier molecular flexibility index (Phi) is 20.2. The zero-order valence-electron chi connectivity index (χ0n) is 33.8. The molecule has 0 radical (unpaired) electrons. The lowest BCUT2D eigenvalue weighted by atomic mass is 9.56. The number of esters is 4. The third kappa shape index (κ3) is 13.6. The van der Waals surface area contributed by atoms with E-state index in [-0.39, 0.29) is 116 Å². The monoisotopic (exact) mass is 738 g/mol. The van der Waals surface area contributed by atoms with Crippen LogP contribution in [0.15, 0.2) is 0 Å². The van der Waals surface area contributed by atoms with E-state index in [1.807, 2.05) is 6.92 Å². The Morgan fingerprint density at radius 1 is 0.788 bits per heavy atom. The molecule has 11 nitrogen and oxygen atoms in total. The van der Waals surface area contributed by atoms with Crippen LogP contribution in [0.2, 0.25) is 0 Å². The summed E-state index contributed by atoms with van der Waals surface area (Å²) in [6, 6.07) is 0. The number of carbonyl (C=O) groups excluding carboxylic acids is 4. The maximum Gasteiger partial charge on any atom is 0.307 e. The Morgan fingerprint density at radius 2 is 1.42 bits per heavy atom. The maximum atomic E-state index is 13.2. The zero-order chi connectivity index (χ0) is 38.9. The lowest BCUT2D eigenvalue weighted by Crippen LogP contribution is -2.49. The Balaban J connectivity index is 2.33. The number of hydrogen-bond acceptors (Lipinski definition) is 11. The summed E-state index contributed by atoms with van der Waals surface area (Å²) in [4.78, 5) is 50.7. The zero-order valence-corrected chi connectivity index (χ0v) is 33.8. The molecular formula is C41H75N3O8. The van der Waals surface area contributed by atoms with Crippen molar-refractivity contribution in [2.24, 2.45) is 57.6 Å². The van der Waals surface area contributed by atoms with Crippen LogP contribution in [0.1, 0.15) is 151 Å². The molecule has 0 aromatic rings. The van der Waals surface area contributed by atoms with Gasteiger partial charge in [0.2, 0.25) is 0 Å². The van der Waals surface area contributed by atoms with E-state index in [9.17, 15) is 19.2 Å². The highest BCUT2D eigenvalue weighted by Crippen LogP contribution is 2.58. The van der Waals surface area contributed by atoms with Crippen LogP contribution in [0.4, 0.5) is 0 Å². The molecule has 0 aromatic carbocycles. The van der Waals surface area contributed by atoms with Crippen LogP contribution in [0.5, 0.6) is 0 Å². The summed E-state index contributed by atoms with van der Waals surface area (Å²) in [5, 5.41) is 0. The molecule has 0 spiro atoms. The van der Waals surface area contributed by atoms with Gasteiger partial charge in [-0.1, -0.05) is 60.8 Å². The summed E-state index contributed by atoms with van der Waals surface area (Å²) in [6.07, 6.45) is 10.4. The molecule has 2 aliphatic rings. The van der Waals surface area contributed by atoms with E-state index in [0.29, 0.717) is 44.6 Å². The van der Waals surface area contributed by atoms with Crippen molar-refractivity contribution in [3.05, 3.63) is 0 Å². The van der Waals surface area contributed by atoms with Crippen LogP contribution in [-0.4, -0.2) is 68.4 Å². The number of nitrogens with two attached hydrogens (primary N) is 3. The van der Waals surface area contributed by atoms with E-state index in [1.165, 1.54) is 0 Å². The average Bonchev–Trinajstić information content (AvgIpc) is 3.39. The van der Waals surface area contributed by atoms with Crippen molar-refractivity contribution in [2.45, 2.75) is 170 Å². The SMILES string of the molecule is CCCCCCOC(=O)CC[C@@H](C)[C@H]1CC[C@@H](C)[C@]1(C)[C@H](C[C@@H](C)[C@@]1(C)CC[C@@H](OC(=O)CCN)CC1C[C@H](C)OC(=O)CCN)OC(=O)CCN. The summed E-state index contributed by atoms with van der Waals surface area (Å²) < 4.78 is 23.6. The van der Waals surface area contributed by atoms with Crippen molar-refractivity contribution in [3.63, 3.8) is 0 Å². The van der Waals surface area contributed by atoms with Gasteiger partial charge in [-0.05, 0) is 99.7 Å². The van der Waals surface area contributed by atoms with Crippen LogP contribution in [0, 0.1) is 40.4 Å². The number of carbonyl (C=O) groups is 4. The quantitative estimate of drug-likeness (QED) is 0.0551. The molecule has 1 unspecified atom stereocenters. The molecule has 2 fully saturated rings. The van der Waals surface area contributed by atoms with Crippen molar-refractivity contribution >= 4 is 23.9 Å². The van der Waals surface area contributed by atoms with E-state index in [1.54, 1.807) is 0 Å². The topological polar surface area (TPSA) is 183 Å². The van der Waals surface area contributed by atoms with Crippen molar-refractivity contribution in [1.29, 1.82) is 0 Å². The van der Waals surface area contributed by atoms with Gasteiger partial charge < -0.3 is 36.1 Å². The fourth-order valence-corrected chi connectivity index (χ4v) is 9.27. The first-order valence-corrected chi connectivity index (χ1v) is 20.5. The van der Waals surface area contributed by atoms with Crippen LogP contribution < -0.4 is 17.2 Å². The Hall–Kier alpha value is -2.24. The second-order valence-electron chi connectivity index (χ2n) is 16.6. The van der Waals surface area contributed by atoms with Gasteiger partial charge in [0, 0.05) is 31.5 Å². The molecule has 11 heteroatoms. The minimum atomic E-state index is -0.352. The normalized spacial score (nSPS) is 28.3. The van der Waals surface area contributed by atoms with Crippen molar-refractivity contribution in [2.75, 3.05) is 26.2 Å². The predicted molar refractivity (Wildman–Crippen MR) is 204 cm³/mol. The fraction of sp³-hybridized carbons (Fsp3) is 0.902. The Morgan fingerprint density at radius 3 is 2.06 bits per heavy atom. The first kappa shape index (κ1) is 45.9. The number of hydrogen-bond donors (Lipinski definition) is 3. The Bertz CT molecular complexity index is 1100. The molecule has 0 heterocycles. The maximum absolute atomic E-state index is 13.2. The highest BCUT2D eigenvalue weighted by Gasteiger charge is 2.55. The molecule has 0 bridgehead atoms. The Labute approximate surface area is 314 Å².